The fourth-order valence-corrected chi connectivity index (χ4v) is 4.36. The van der Waals surface area contributed by atoms with Crippen molar-refractivity contribution in [2.24, 2.45) is 5.92 Å². The van der Waals surface area contributed by atoms with Gasteiger partial charge < -0.3 is 10.4 Å². The highest BCUT2D eigenvalue weighted by molar-refractivity contribution is 5.97. The van der Waals surface area contributed by atoms with Gasteiger partial charge in [0, 0.05) is 17.0 Å². The summed E-state index contributed by atoms with van der Waals surface area (Å²) >= 11 is 0. The Labute approximate surface area is 146 Å². The number of aliphatic carboxylic acids is 1. The van der Waals surface area contributed by atoms with Crippen LogP contribution in [-0.2, 0) is 27.8 Å². The number of carboxylic acid groups (broad SMARTS) is 1. The van der Waals surface area contributed by atoms with Crippen molar-refractivity contribution in [3.63, 3.8) is 0 Å². The maximum atomic E-state index is 12.8. The first-order valence-corrected chi connectivity index (χ1v) is 8.79. The van der Waals surface area contributed by atoms with E-state index in [4.69, 9.17) is 5.11 Å². The largest absolute Gasteiger partial charge is 0.481 e. The van der Waals surface area contributed by atoms with Crippen LogP contribution in [0.15, 0.2) is 48.5 Å². The smallest absolute Gasteiger partial charge is 0.307 e. The Morgan fingerprint density at radius 3 is 2.72 bits per heavy atom. The predicted molar refractivity (Wildman–Crippen MR) is 95.6 cm³/mol. The van der Waals surface area contributed by atoms with Gasteiger partial charge in [0.15, 0.2) is 0 Å². The lowest BCUT2D eigenvalue weighted by molar-refractivity contribution is -0.136. The lowest BCUT2D eigenvalue weighted by atomic mass is 9.78. The molecule has 2 N–H and O–H groups in total. The summed E-state index contributed by atoms with van der Waals surface area (Å²) in [4.78, 5) is 23.9. The zero-order chi connectivity index (χ0) is 17.4. The highest BCUT2D eigenvalue weighted by Crippen LogP contribution is 2.60. The summed E-state index contributed by atoms with van der Waals surface area (Å²) in [5, 5.41) is 12.0. The summed E-state index contributed by atoms with van der Waals surface area (Å²) < 4.78 is 0. The summed E-state index contributed by atoms with van der Waals surface area (Å²) in [6.07, 6.45) is 4.06. The van der Waals surface area contributed by atoms with Crippen LogP contribution in [-0.4, -0.2) is 17.0 Å². The summed E-state index contributed by atoms with van der Waals surface area (Å²) in [5.41, 5.74) is 3.94. The van der Waals surface area contributed by atoms with Gasteiger partial charge in [-0.05, 0) is 48.4 Å². The number of carbonyl (C=O) groups excluding carboxylic acids is 1. The van der Waals surface area contributed by atoms with Crippen molar-refractivity contribution in [1.82, 2.24) is 0 Å². The SMILES string of the molecule is O=C(O)Cc1ccccc1NC(=O)[C@@H]1C[C@@]12CCCc1ccccc12. The quantitative estimate of drug-likeness (QED) is 0.898. The van der Waals surface area contributed by atoms with Crippen LogP contribution in [0.1, 0.15) is 36.0 Å². The van der Waals surface area contributed by atoms with Crippen LogP contribution in [0.3, 0.4) is 0 Å². The van der Waals surface area contributed by atoms with Crippen LogP contribution < -0.4 is 5.32 Å². The average Bonchev–Trinajstić information content (AvgIpc) is 3.31. The van der Waals surface area contributed by atoms with E-state index in [0.29, 0.717) is 11.3 Å². The van der Waals surface area contributed by atoms with Crippen LogP contribution in [0.25, 0.3) is 0 Å². The second kappa shape index (κ2) is 6.03. The minimum absolute atomic E-state index is 0.00884. The molecular formula is C21H21NO3. The average molecular weight is 335 g/mol. The molecule has 25 heavy (non-hydrogen) atoms. The first-order chi connectivity index (χ1) is 12.1. The van der Waals surface area contributed by atoms with Crippen LogP contribution in [0, 0.1) is 5.92 Å². The Bertz CT molecular complexity index is 845. The zero-order valence-electron chi connectivity index (χ0n) is 14.0. The van der Waals surface area contributed by atoms with Gasteiger partial charge in [-0.1, -0.05) is 42.5 Å². The van der Waals surface area contributed by atoms with Crippen molar-refractivity contribution in [3.05, 3.63) is 65.2 Å². The summed E-state index contributed by atoms with van der Waals surface area (Å²) in [5.74, 6) is -0.910. The number of amides is 1. The molecule has 0 heterocycles. The molecule has 4 heteroatoms. The number of nitrogens with one attached hydrogen (secondary N) is 1. The second-order valence-electron chi connectivity index (χ2n) is 7.14. The van der Waals surface area contributed by atoms with Gasteiger partial charge in [-0.2, -0.15) is 0 Å². The molecule has 0 bridgehead atoms. The molecule has 0 saturated heterocycles. The number of aryl methyl sites for hydroxylation is 1. The number of carboxylic acids is 1. The number of fused-ring (bicyclic) bond motifs is 2. The Morgan fingerprint density at radius 2 is 1.88 bits per heavy atom. The molecule has 1 spiro atoms. The molecule has 2 aliphatic rings. The normalized spacial score (nSPS) is 23.8. The molecule has 1 fully saturated rings. The molecule has 2 aromatic carbocycles. The number of benzene rings is 2. The van der Waals surface area contributed by atoms with Crippen LogP contribution in [0.4, 0.5) is 5.69 Å². The van der Waals surface area contributed by atoms with E-state index >= 15 is 0 Å². The third-order valence-corrected chi connectivity index (χ3v) is 5.63. The molecule has 1 saturated carbocycles. The molecule has 2 aromatic rings. The van der Waals surface area contributed by atoms with Gasteiger partial charge in [0.05, 0.1) is 6.42 Å². The maximum Gasteiger partial charge on any atom is 0.307 e. The molecule has 4 nitrogen and oxygen atoms in total. The van der Waals surface area contributed by atoms with Gasteiger partial charge in [0.1, 0.15) is 0 Å². The standard InChI is InChI=1S/C21H21NO3/c23-19(24)12-15-7-2-4-10-18(15)22-20(25)17-13-21(17)11-5-8-14-6-1-3-9-16(14)21/h1-4,6-7,9-10,17H,5,8,11-13H2,(H,22,25)(H,23,24)/t17-,21+/m0/s1. The van der Waals surface area contributed by atoms with Crippen molar-refractivity contribution in [2.45, 2.75) is 37.5 Å². The Balaban J connectivity index is 1.55. The second-order valence-corrected chi connectivity index (χ2v) is 7.14. The van der Waals surface area contributed by atoms with E-state index in [0.717, 1.165) is 25.7 Å². The molecule has 128 valence electrons. The highest BCUT2D eigenvalue weighted by Gasteiger charge is 2.60. The van der Waals surface area contributed by atoms with Crippen molar-refractivity contribution in [3.8, 4) is 0 Å². The number of anilines is 1. The van der Waals surface area contributed by atoms with Gasteiger partial charge >= 0.3 is 5.97 Å². The first kappa shape index (κ1) is 15.9. The lowest BCUT2D eigenvalue weighted by Gasteiger charge is -2.26. The number of carbonyl (C=O) groups is 2. The minimum atomic E-state index is -0.897. The van der Waals surface area contributed by atoms with Gasteiger partial charge in [0.2, 0.25) is 5.91 Å². The topological polar surface area (TPSA) is 66.4 Å². The van der Waals surface area contributed by atoms with E-state index in [9.17, 15) is 9.59 Å². The molecule has 1 amide bonds. The Morgan fingerprint density at radius 1 is 1.12 bits per heavy atom. The van der Waals surface area contributed by atoms with Gasteiger partial charge in [0.25, 0.3) is 0 Å². The van der Waals surface area contributed by atoms with Crippen LogP contribution in [0.5, 0.6) is 0 Å². The molecule has 2 aliphatic carbocycles. The molecular weight excluding hydrogens is 314 g/mol. The fraction of sp³-hybridized carbons (Fsp3) is 0.333. The van der Waals surface area contributed by atoms with Crippen molar-refractivity contribution in [2.75, 3.05) is 5.32 Å². The molecule has 0 unspecified atom stereocenters. The molecule has 0 aliphatic heterocycles. The number of hydrogen-bond donors (Lipinski definition) is 2. The van der Waals surface area contributed by atoms with Crippen LogP contribution in [0.2, 0.25) is 0 Å². The number of hydrogen-bond acceptors (Lipinski definition) is 2. The van der Waals surface area contributed by atoms with E-state index in [-0.39, 0.29) is 23.7 Å². The molecule has 0 aromatic heterocycles. The Kier molecular flexibility index (Phi) is 3.83. The number of para-hydroxylation sites is 1. The minimum Gasteiger partial charge on any atom is -0.481 e. The summed E-state index contributed by atoms with van der Waals surface area (Å²) in [6, 6.07) is 15.6. The van der Waals surface area contributed by atoms with Crippen molar-refractivity contribution in [1.29, 1.82) is 0 Å². The van der Waals surface area contributed by atoms with Gasteiger partial charge in [-0.15, -0.1) is 0 Å². The summed E-state index contributed by atoms with van der Waals surface area (Å²) in [7, 11) is 0. The molecule has 2 atom stereocenters. The van der Waals surface area contributed by atoms with E-state index in [1.165, 1.54) is 11.1 Å². The Hall–Kier alpha value is -2.62. The third-order valence-electron chi connectivity index (χ3n) is 5.63. The monoisotopic (exact) mass is 335 g/mol. The zero-order valence-corrected chi connectivity index (χ0v) is 14.0. The third kappa shape index (κ3) is 2.82. The fourth-order valence-electron chi connectivity index (χ4n) is 4.36. The lowest BCUT2D eigenvalue weighted by Crippen LogP contribution is -2.25. The van der Waals surface area contributed by atoms with E-state index in [2.05, 4.69) is 29.6 Å². The molecule has 0 radical (unpaired) electrons. The highest BCUT2D eigenvalue weighted by atomic mass is 16.4. The number of rotatable bonds is 4. The maximum absolute atomic E-state index is 12.8. The molecule has 4 rings (SSSR count). The van der Waals surface area contributed by atoms with Gasteiger partial charge in [-0.25, -0.2) is 0 Å². The van der Waals surface area contributed by atoms with Crippen LogP contribution >= 0.6 is 0 Å². The van der Waals surface area contributed by atoms with Gasteiger partial charge in [-0.3, -0.25) is 9.59 Å². The van der Waals surface area contributed by atoms with Crippen molar-refractivity contribution < 1.29 is 14.7 Å². The predicted octanol–water partition coefficient (Wildman–Crippen LogP) is 3.55. The van der Waals surface area contributed by atoms with E-state index in [1.54, 1.807) is 18.2 Å². The van der Waals surface area contributed by atoms with E-state index < -0.39 is 5.97 Å². The first-order valence-electron chi connectivity index (χ1n) is 8.79. The summed E-state index contributed by atoms with van der Waals surface area (Å²) in [6.45, 7) is 0. The van der Waals surface area contributed by atoms with E-state index in [1.807, 2.05) is 6.07 Å². The van der Waals surface area contributed by atoms with Crippen molar-refractivity contribution >= 4 is 17.6 Å².